The number of ether oxygens (including phenoxy) is 2. The second-order valence-corrected chi connectivity index (χ2v) is 5.89. The maximum Gasteiger partial charge on any atom is 0.231 e. The molecular formula is C15H22N2O2. The molecule has 0 aliphatic carbocycles. The van der Waals surface area contributed by atoms with Crippen LogP contribution in [0.2, 0.25) is 0 Å². The van der Waals surface area contributed by atoms with Crippen LogP contribution in [0.5, 0.6) is 11.5 Å². The average Bonchev–Trinajstić information content (AvgIpc) is 2.96. The summed E-state index contributed by atoms with van der Waals surface area (Å²) in [4.78, 5) is 2.46. The number of hydrogen-bond donors (Lipinski definition) is 1. The van der Waals surface area contributed by atoms with Crippen LogP contribution in [0.15, 0.2) is 18.2 Å². The smallest absolute Gasteiger partial charge is 0.231 e. The van der Waals surface area contributed by atoms with Crippen LogP contribution in [0.1, 0.15) is 25.5 Å². The van der Waals surface area contributed by atoms with Crippen LogP contribution in [0.3, 0.4) is 0 Å². The zero-order valence-electron chi connectivity index (χ0n) is 11.6. The Balaban J connectivity index is 1.66. The van der Waals surface area contributed by atoms with Crippen LogP contribution in [0.25, 0.3) is 0 Å². The molecule has 104 valence electrons. The highest BCUT2D eigenvalue weighted by Crippen LogP contribution is 2.34. The predicted octanol–water partition coefficient (Wildman–Crippen LogP) is 2.00. The van der Waals surface area contributed by atoms with Crippen molar-refractivity contribution in [2.75, 3.05) is 26.4 Å². The molecule has 0 radical (unpaired) electrons. The topological polar surface area (TPSA) is 47.7 Å². The summed E-state index contributed by atoms with van der Waals surface area (Å²) in [7, 11) is 0. The summed E-state index contributed by atoms with van der Waals surface area (Å²) in [6.07, 6.45) is 0. The minimum absolute atomic E-state index is 0.0343. The Kier molecular flexibility index (Phi) is 3.37. The maximum absolute atomic E-state index is 6.32. The first-order valence-electron chi connectivity index (χ1n) is 7.01. The van der Waals surface area contributed by atoms with Gasteiger partial charge in [-0.3, -0.25) is 0 Å². The summed E-state index contributed by atoms with van der Waals surface area (Å²) in [5.74, 6) is 3.17. The normalized spacial score (nSPS) is 27.7. The number of hydrogen-bond acceptors (Lipinski definition) is 4. The number of nitrogens with zero attached hydrogens (tertiary/aromatic N) is 1. The minimum Gasteiger partial charge on any atom is -0.454 e. The van der Waals surface area contributed by atoms with Crippen molar-refractivity contribution in [1.82, 2.24) is 4.90 Å². The SMILES string of the molecule is CC1CN(CC(N)c2ccc3c(c2)OCO3)CC1C. The van der Waals surface area contributed by atoms with Gasteiger partial charge in [-0.1, -0.05) is 19.9 Å². The third-order valence-corrected chi connectivity index (χ3v) is 4.34. The lowest BCUT2D eigenvalue weighted by molar-refractivity contribution is 0.174. The van der Waals surface area contributed by atoms with Gasteiger partial charge in [-0.2, -0.15) is 0 Å². The Hall–Kier alpha value is -1.26. The first-order valence-corrected chi connectivity index (χ1v) is 7.01. The van der Waals surface area contributed by atoms with E-state index in [-0.39, 0.29) is 6.04 Å². The van der Waals surface area contributed by atoms with E-state index >= 15 is 0 Å². The molecular weight excluding hydrogens is 240 g/mol. The number of likely N-dealkylation sites (tertiary alicyclic amines) is 1. The molecule has 1 aromatic rings. The van der Waals surface area contributed by atoms with Crippen LogP contribution >= 0.6 is 0 Å². The number of rotatable bonds is 3. The maximum atomic E-state index is 6.32. The van der Waals surface area contributed by atoms with Gasteiger partial charge in [-0.05, 0) is 29.5 Å². The fourth-order valence-corrected chi connectivity index (χ4v) is 2.93. The molecule has 0 spiro atoms. The molecule has 0 saturated carbocycles. The largest absolute Gasteiger partial charge is 0.454 e. The van der Waals surface area contributed by atoms with Crippen molar-refractivity contribution in [3.63, 3.8) is 0 Å². The van der Waals surface area contributed by atoms with Gasteiger partial charge in [-0.25, -0.2) is 0 Å². The van der Waals surface area contributed by atoms with E-state index in [4.69, 9.17) is 15.2 Å². The van der Waals surface area contributed by atoms with E-state index < -0.39 is 0 Å². The molecule has 1 saturated heterocycles. The second-order valence-electron chi connectivity index (χ2n) is 5.89. The van der Waals surface area contributed by atoms with E-state index in [2.05, 4.69) is 18.7 Å². The summed E-state index contributed by atoms with van der Waals surface area (Å²) >= 11 is 0. The minimum atomic E-state index is 0.0343. The molecule has 2 aliphatic heterocycles. The third-order valence-electron chi connectivity index (χ3n) is 4.34. The zero-order chi connectivity index (χ0) is 13.4. The Morgan fingerprint density at radius 3 is 2.63 bits per heavy atom. The van der Waals surface area contributed by atoms with Crippen LogP contribution in [0.4, 0.5) is 0 Å². The van der Waals surface area contributed by atoms with E-state index in [1.54, 1.807) is 0 Å². The van der Waals surface area contributed by atoms with Crippen molar-refractivity contribution >= 4 is 0 Å². The van der Waals surface area contributed by atoms with E-state index in [9.17, 15) is 0 Å². The van der Waals surface area contributed by atoms with Gasteiger partial charge in [0.2, 0.25) is 6.79 Å². The Bertz CT molecular complexity index is 453. The zero-order valence-corrected chi connectivity index (χ0v) is 11.6. The molecule has 0 bridgehead atoms. The van der Waals surface area contributed by atoms with Gasteiger partial charge < -0.3 is 20.1 Å². The van der Waals surface area contributed by atoms with E-state index in [1.165, 1.54) is 0 Å². The van der Waals surface area contributed by atoms with Crippen molar-refractivity contribution in [3.05, 3.63) is 23.8 Å². The van der Waals surface area contributed by atoms with Crippen LogP contribution in [-0.2, 0) is 0 Å². The lowest BCUT2D eigenvalue weighted by Crippen LogP contribution is -2.30. The van der Waals surface area contributed by atoms with Gasteiger partial charge in [0.05, 0.1) is 0 Å². The first-order chi connectivity index (χ1) is 9.13. The molecule has 1 fully saturated rings. The number of benzene rings is 1. The lowest BCUT2D eigenvalue weighted by Gasteiger charge is -2.21. The molecule has 19 heavy (non-hydrogen) atoms. The third kappa shape index (κ3) is 2.55. The molecule has 4 nitrogen and oxygen atoms in total. The molecule has 4 heteroatoms. The van der Waals surface area contributed by atoms with Crippen LogP contribution < -0.4 is 15.2 Å². The van der Waals surface area contributed by atoms with Gasteiger partial charge >= 0.3 is 0 Å². The Labute approximate surface area is 114 Å². The quantitative estimate of drug-likeness (QED) is 0.905. The molecule has 2 N–H and O–H groups in total. The van der Waals surface area contributed by atoms with Gasteiger partial charge in [0, 0.05) is 25.7 Å². The van der Waals surface area contributed by atoms with Crippen LogP contribution in [-0.4, -0.2) is 31.3 Å². The highest BCUT2D eigenvalue weighted by atomic mass is 16.7. The van der Waals surface area contributed by atoms with Crippen molar-refractivity contribution < 1.29 is 9.47 Å². The predicted molar refractivity (Wildman–Crippen MR) is 74.3 cm³/mol. The monoisotopic (exact) mass is 262 g/mol. The van der Waals surface area contributed by atoms with E-state index in [0.717, 1.165) is 48.5 Å². The van der Waals surface area contributed by atoms with Crippen LogP contribution in [0, 0.1) is 11.8 Å². The average molecular weight is 262 g/mol. The highest BCUT2D eigenvalue weighted by molar-refractivity contribution is 5.45. The van der Waals surface area contributed by atoms with Gasteiger partial charge in [0.15, 0.2) is 11.5 Å². The molecule has 1 aromatic carbocycles. The van der Waals surface area contributed by atoms with E-state index in [0.29, 0.717) is 6.79 Å². The standard InChI is InChI=1S/C15H22N2O2/c1-10-6-17(7-11(10)2)8-13(16)12-3-4-14-15(5-12)19-9-18-14/h3-5,10-11,13H,6-9,16H2,1-2H3. The summed E-state index contributed by atoms with van der Waals surface area (Å²) < 4.78 is 10.7. The fraction of sp³-hybridized carbons (Fsp3) is 0.600. The fourth-order valence-electron chi connectivity index (χ4n) is 2.93. The molecule has 0 aromatic heterocycles. The molecule has 3 atom stereocenters. The molecule has 3 unspecified atom stereocenters. The van der Waals surface area contributed by atoms with Gasteiger partial charge in [-0.15, -0.1) is 0 Å². The van der Waals surface area contributed by atoms with Crippen molar-refractivity contribution in [2.45, 2.75) is 19.9 Å². The van der Waals surface area contributed by atoms with Crippen molar-refractivity contribution in [2.24, 2.45) is 17.6 Å². The molecule has 2 heterocycles. The first kappa shape index (κ1) is 12.8. The van der Waals surface area contributed by atoms with E-state index in [1.807, 2.05) is 18.2 Å². The second kappa shape index (κ2) is 5.02. The summed E-state index contributed by atoms with van der Waals surface area (Å²) in [6, 6.07) is 6.04. The highest BCUT2D eigenvalue weighted by Gasteiger charge is 2.27. The summed E-state index contributed by atoms with van der Waals surface area (Å²) in [5.41, 5.74) is 7.44. The molecule has 2 aliphatic rings. The molecule has 3 rings (SSSR count). The number of fused-ring (bicyclic) bond motifs is 1. The van der Waals surface area contributed by atoms with Gasteiger partial charge in [0.25, 0.3) is 0 Å². The summed E-state index contributed by atoms with van der Waals surface area (Å²) in [5, 5.41) is 0. The Morgan fingerprint density at radius 1 is 1.21 bits per heavy atom. The van der Waals surface area contributed by atoms with Crippen molar-refractivity contribution in [3.8, 4) is 11.5 Å². The number of nitrogens with two attached hydrogens (primary N) is 1. The lowest BCUT2D eigenvalue weighted by atomic mass is 10.0. The van der Waals surface area contributed by atoms with Crippen molar-refractivity contribution in [1.29, 1.82) is 0 Å². The Morgan fingerprint density at radius 2 is 1.89 bits per heavy atom. The molecule has 0 amide bonds. The summed E-state index contributed by atoms with van der Waals surface area (Å²) in [6.45, 7) is 8.16. The van der Waals surface area contributed by atoms with Gasteiger partial charge in [0.1, 0.15) is 0 Å².